The number of benzene rings is 2. The number of hydrogen-bond acceptors (Lipinski definition) is 4. The number of tetrazole rings is 1. The predicted octanol–water partition coefficient (Wildman–Crippen LogP) is 2.58. The van der Waals surface area contributed by atoms with Gasteiger partial charge in [0.15, 0.2) is 6.04 Å². The Bertz CT molecular complexity index is 987. The Morgan fingerprint density at radius 2 is 1.73 bits per heavy atom. The molecule has 30 heavy (non-hydrogen) atoms. The predicted molar refractivity (Wildman–Crippen MR) is 118 cm³/mol. The molecule has 2 atom stereocenters. The molecular weight excluding hydrogens is 372 g/mol. The highest BCUT2D eigenvalue weighted by molar-refractivity contribution is 5.46. The fraction of sp³-hybridized carbons (Fsp3) is 0.458. The minimum absolute atomic E-state index is 0.144. The molecule has 156 valence electrons. The normalized spacial score (nSPS) is 20.1. The molecule has 1 aromatic heterocycles. The quantitative estimate of drug-likeness (QED) is 0.712. The molecule has 2 aromatic carbocycles. The van der Waals surface area contributed by atoms with E-state index in [1.807, 2.05) is 0 Å². The Hall–Kier alpha value is -2.73. The van der Waals surface area contributed by atoms with E-state index in [4.69, 9.17) is 0 Å². The summed E-state index contributed by atoms with van der Waals surface area (Å²) in [4.78, 5) is 3.67. The summed E-state index contributed by atoms with van der Waals surface area (Å²) in [6.45, 7) is 2.10. The Kier molecular flexibility index (Phi) is 5.25. The van der Waals surface area contributed by atoms with E-state index in [1.165, 1.54) is 53.0 Å². The molecule has 2 aliphatic rings. The Morgan fingerprint density at radius 3 is 2.47 bits per heavy atom. The fourth-order valence-electron chi connectivity index (χ4n) is 5.18. The zero-order chi connectivity index (χ0) is 20.5. The Labute approximate surface area is 178 Å². The molecule has 1 aliphatic carbocycles. The van der Waals surface area contributed by atoms with Gasteiger partial charge in [-0.25, -0.2) is 4.68 Å². The number of aromatic nitrogens is 4. The summed E-state index contributed by atoms with van der Waals surface area (Å²) in [5.74, 6) is 1.02. The molecule has 0 bridgehead atoms. The van der Waals surface area contributed by atoms with Crippen LogP contribution in [0.2, 0.25) is 0 Å². The van der Waals surface area contributed by atoms with Gasteiger partial charge in [-0.05, 0) is 41.0 Å². The lowest BCUT2D eigenvalue weighted by Gasteiger charge is -2.32. The van der Waals surface area contributed by atoms with Crippen molar-refractivity contribution in [2.75, 3.05) is 25.5 Å². The van der Waals surface area contributed by atoms with Crippen LogP contribution >= 0.6 is 0 Å². The van der Waals surface area contributed by atoms with E-state index < -0.39 is 0 Å². The maximum atomic E-state index is 4.60. The lowest BCUT2D eigenvalue weighted by Crippen LogP contribution is -3.12. The zero-order valence-electron chi connectivity index (χ0n) is 18.0. The third-order valence-corrected chi connectivity index (χ3v) is 6.85. The van der Waals surface area contributed by atoms with Crippen LogP contribution in [0.15, 0.2) is 48.5 Å². The van der Waals surface area contributed by atoms with Crippen molar-refractivity contribution in [1.29, 1.82) is 0 Å². The van der Waals surface area contributed by atoms with Crippen LogP contribution in [0, 0.1) is 0 Å². The van der Waals surface area contributed by atoms with Crippen LogP contribution in [0.3, 0.4) is 0 Å². The molecule has 6 heteroatoms. The average molecular weight is 404 g/mol. The molecule has 5 rings (SSSR count). The van der Waals surface area contributed by atoms with Gasteiger partial charge in [0, 0.05) is 37.3 Å². The third kappa shape index (κ3) is 3.60. The first kappa shape index (κ1) is 19.2. The number of quaternary nitrogens is 1. The molecule has 1 fully saturated rings. The van der Waals surface area contributed by atoms with E-state index in [1.54, 1.807) is 0 Å². The second-order valence-electron chi connectivity index (χ2n) is 8.94. The fourth-order valence-corrected chi connectivity index (χ4v) is 5.18. The highest BCUT2D eigenvalue weighted by atomic mass is 15.6. The first-order valence-corrected chi connectivity index (χ1v) is 11.2. The van der Waals surface area contributed by atoms with Crippen molar-refractivity contribution in [1.82, 2.24) is 20.2 Å². The monoisotopic (exact) mass is 403 g/mol. The van der Waals surface area contributed by atoms with Crippen LogP contribution < -0.4 is 9.80 Å². The molecule has 1 N–H and O–H groups in total. The largest absolute Gasteiger partial charge is 0.378 e. The van der Waals surface area contributed by atoms with E-state index in [2.05, 4.69) is 87.7 Å². The molecule has 0 amide bonds. The van der Waals surface area contributed by atoms with E-state index in [-0.39, 0.29) is 6.04 Å². The van der Waals surface area contributed by atoms with E-state index in [0.29, 0.717) is 6.04 Å². The van der Waals surface area contributed by atoms with Crippen molar-refractivity contribution in [3.63, 3.8) is 0 Å². The second-order valence-corrected chi connectivity index (χ2v) is 8.94. The summed E-state index contributed by atoms with van der Waals surface area (Å²) in [5, 5.41) is 13.2. The summed E-state index contributed by atoms with van der Waals surface area (Å²) in [5.41, 5.74) is 5.45. The number of hydrogen-bond donors (Lipinski definition) is 1. The SMILES string of the molecule is CN(C)c1ccc([C@H](c2nnnn2C2CCCC2)[NH+]2CCc3ccccc3C2)cc1. The molecule has 0 radical (unpaired) electrons. The third-order valence-electron chi connectivity index (χ3n) is 6.85. The van der Waals surface area contributed by atoms with Crippen LogP contribution in [-0.2, 0) is 13.0 Å². The topological polar surface area (TPSA) is 51.3 Å². The van der Waals surface area contributed by atoms with Gasteiger partial charge in [-0.3, -0.25) is 0 Å². The van der Waals surface area contributed by atoms with Gasteiger partial charge in [0.2, 0.25) is 5.82 Å². The van der Waals surface area contributed by atoms with Gasteiger partial charge in [-0.2, -0.15) is 0 Å². The minimum Gasteiger partial charge on any atom is -0.378 e. The second kappa shape index (κ2) is 8.19. The van der Waals surface area contributed by atoms with Crippen molar-refractivity contribution >= 4 is 5.69 Å². The van der Waals surface area contributed by atoms with Crippen molar-refractivity contribution < 1.29 is 4.90 Å². The van der Waals surface area contributed by atoms with E-state index in [0.717, 1.165) is 25.3 Å². The van der Waals surface area contributed by atoms with E-state index >= 15 is 0 Å². The van der Waals surface area contributed by atoms with Gasteiger partial charge in [0.05, 0.1) is 12.6 Å². The standard InChI is InChI=1S/C24H30N6/c1-28(2)21-13-11-19(12-14-21)23(24-25-26-27-30(24)22-9-5-6-10-22)29-16-15-18-7-3-4-8-20(18)17-29/h3-4,7-8,11-14,22-23H,5-6,9-10,15-17H2,1-2H3/p+1/t23-/m1/s1. The molecule has 2 heterocycles. The summed E-state index contributed by atoms with van der Waals surface area (Å²) < 4.78 is 2.14. The number of nitrogens with one attached hydrogen (secondary N) is 1. The first-order chi connectivity index (χ1) is 14.7. The number of fused-ring (bicyclic) bond motifs is 1. The minimum atomic E-state index is 0.144. The van der Waals surface area contributed by atoms with Crippen LogP contribution in [0.25, 0.3) is 0 Å². The molecule has 0 saturated heterocycles. The lowest BCUT2D eigenvalue weighted by molar-refractivity contribution is -0.941. The molecule has 1 unspecified atom stereocenters. The van der Waals surface area contributed by atoms with Gasteiger partial charge in [-0.1, -0.05) is 49.2 Å². The van der Waals surface area contributed by atoms with Crippen LogP contribution in [-0.4, -0.2) is 40.8 Å². The van der Waals surface area contributed by atoms with Crippen molar-refractivity contribution in [3.05, 3.63) is 71.0 Å². The van der Waals surface area contributed by atoms with E-state index in [9.17, 15) is 0 Å². The summed E-state index contributed by atoms with van der Waals surface area (Å²) in [6.07, 6.45) is 6.01. The lowest BCUT2D eigenvalue weighted by atomic mass is 9.95. The number of nitrogens with zero attached hydrogens (tertiary/aromatic N) is 5. The maximum absolute atomic E-state index is 4.60. The molecule has 6 nitrogen and oxygen atoms in total. The van der Waals surface area contributed by atoms with Crippen molar-refractivity contribution in [2.45, 2.75) is 50.7 Å². The summed E-state index contributed by atoms with van der Waals surface area (Å²) in [6, 6.07) is 18.4. The van der Waals surface area contributed by atoms with Gasteiger partial charge in [0.1, 0.15) is 6.54 Å². The van der Waals surface area contributed by atoms with Crippen LogP contribution in [0.1, 0.15) is 60.3 Å². The molecule has 1 saturated carbocycles. The van der Waals surface area contributed by atoms with Crippen molar-refractivity contribution in [2.24, 2.45) is 0 Å². The van der Waals surface area contributed by atoms with Crippen LogP contribution in [0.5, 0.6) is 0 Å². The highest BCUT2D eigenvalue weighted by Gasteiger charge is 2.36. The van der Waals surface area contributed by atoms with Gasteiger partial charge in [-0.15, -0.1) is 5.10 Å². The highest BCUT2D eigenvalue weighted by Crippen LogP contribution is 2.31. The van der Waals surface area contributed by atoms with Gasteiger partial charge >= 0.3 is 0 Å². The first-order valence-electron chi connectivity index (χ1n) is 11.2. The van der Waals surface area contributed by atoms with Crippen molar-refractivity contribution in [3.8, 4) is 0 Å². The molecular formula is C24H31N6+. The molecule has 3 aromatic rings. The van der Waals surface area contributed by atoms with Gasteiger partial charge < -0.3 is 9.80 Å². The Balaban J connectivity index is 1.54. The van der Waals surface area contributed by atoms with Gasteiger partial charge in [0.25, 0.3) is 0 Å². The van der Waals surface area contributed by atoms with Crippen LogP contribution in [0.4, 0.5) is 5.69 Å². The summed E-state index contributed by atoms with van der Waals surface area (Å²) in [7, 11) is 4.17. The maximum Gasteiger partial charge on any atom is 0.214 e. The smallest absolute Gasteiger partial charge is 0.214 e. The number of anilines is 1. The molecule has 1 aliphatic heterocycles. The average Bonchev–Trinajstić information content (AvgIpc) is 3.46. The Morgan fingerprint density at radius 1 is 1.00 bits per heavy atom. The summed E-state index contributed by atoms with van der Waals surface area (Å²) >= 11 is 0. The molecule has 0 spiro atoms. The zero-order valence-corrected chi connectivity index (χ0v) is 18.0. The number of rotatable bonds is 5.